The van der Waals surface area contributed by atoms with Gasteiger partial charge in [0, 0.05) is 20.1 Å². The van der Waals surface area contributed by atoms with E-state index in [2.05, 4.69) is 181 Å². The Kier molecular flexibility index (Phi) is 39.1. The molecular weight excluding hydrogens is 1530 g/mol. The van der Waals surface area contributed by atoms with E-state index in [1.165, 1.54) is 0 Å². The molecule has 0 aliphatic heterocycles. The minimum atomic E-state index is -2.07. The molecule has 0 aromatic heterocycles. The van der Waals surface area contributed by atoms with Gasteiger partial charge >= 0.3 is 0 Å². The molecule has 0 bridgehead atoms. The first-order valence-electron chi connectivity index (χ1n) is 35.7. The van der Waals surface area contributed by atoms with E-state index < -0.39 is 77.2 Å². The van der Waals surface area contributed by atoms with Gasteiger partial charge in [0.1, 0.15) is 0 Å². The summed E-state index contributed by atoms with van der Waals surface area (Å²) in [7, 11) is -13.2. The van der Waals surface area contributed by atoms with Crippen LogP contribution in [0.1, 0.15) is 213 Å². The molecular formula is C80H136Cl4N4O8S4Si4. The third-order valence-electron chi connectivity index (χ3n) is 19.1. The van der Waals surface area contributed by atoms with Gasteiger partial charge in [-0.25, -0.2) is 35.7 Å². The SMILES string of the molecule is C=C[C@@H](NS(=O)C(C)(C)C)[C@@H](O[Si](C)(C)C(C)(C)C)c1cccc(Cl)c1.C=C[C@@H](NS(=O)C(C)(C)C)[C@H](O[Si](C)(C)C(C)(C)C)c1cccc(Cl)c1.C=C[C@H](NS(=O)C(C)(C)C)[C@@H](O[Si](C)(C)C(C)(C)C)c1cccc(Cl)c1.C=C[C@H](NS(=O)C(C)(C)C)[C@H](O[Si](C)(C)C(C)(C)C)c1cccc(Cl)c1. The summed E-state index contributed by atoms with van der Waals surface area (Å²) < 4.78 is 88.9. The molecule has 0 aliphatic carbocycles. The third-order valence-corrected chi connectivity index (χ3v) is 44.3. The molecule has 104 heavy (non-hydrogen) atoms. The molecule has 24 heteroatoms. The maximum Gasteiger partial charge on any atom is 0.193 e. The minimum Gasteiger partial charge on any atom is -0.408 e. The standard InChI is InChI=1S/4C20H34ClNO2SSi/c4*1-10-17(22-25(23)19(2,3)4)18(15-12-11-13-16(21)14-15)24-26(8,9)20(5,6)7/h4*10-14,17-18,22H,1H2,2-9H3/t2*17-,18+,25?;2*17-,18-,25?/m1010/s1. The Balaban J connectivity index is 0.000000693. The molecule has 0 saturated heterocycles. The second-order valence-corrected chi connectivity index (χ2v) is 65.2. The largest absolute Gasteiger partial charge is 0.408 e. The Morgan fingerprint density at radius 3 is 0.558 bits per heavy atom. The van der Waals surface area contributed by atoms with Crippen LogP contribution < -0.4 is 18.9 Å². The van der Waals surface area contributed by atoms with E-state index in [0.717, 1.165) is 22.3 Å². The van der Waals surface area contributed by atoms with Crippen molar-refractivity contribution < 1.29 is 34.5 Å². The van der Waals surface area contributed by atoms with Crippen molar-refractivity contribution in [3.8, 4) is 0 Å². The highest BCUT2D eigenvalue weighted by atomic mass is 35.5. The van der Waals surface area contributed by atoms with Crippen molar-refractivity contribution in [2.24, 2.45) is 0 Å². The van der Waals surface area contributed by atoms with Gasteiger partial charge in [0.2, 0.25) is 0 Å². The lowest BCUT2D eigenvalue weighted by Crippen LogP contribution is -2.48. The van der Waals surface area contributed by atoms with Crippen LogP contribution >= 0.6 is 46.4 Å². The van der Waals surface area contributed by atoms with Crippen LogP contribution in [0.25, 0.3) is 0 Å². The first-order valence-corrected chi connectivity index (χ1v) is 53.5. The maximum absolute atomic E-state index is 12.7. The fraction of sp³-hybridized carbons (Fsp3) is 0.600. The molecule has 4 rings (SSSR count). The zero-order valence-electron chi connectivity index (χ0n) is 69.4. The number of hydrogen-bond acceptors (Lipinski definition) is 8. The van der Waals surface area contributed by atoms with Crippen molar-refractivity contribution in [1.82, 2.24) is 18.9 Å². The smallest absolute Gasteiger partial charge is 0.193 e. The Morgan fingerprint density at radius 1 is 0.308 bits per heavy atom. The lowest BCUT2D eigenvalue weighted by molar-refractivity contribution is 0.164. The normalized spacial score (nSPS) is 16.8. The van der Waals surface area contributed by atoms with Crippen molar-refractivity contribution in [2.75, 3.05) is 0 Å². The summed E-state index contributed by atoms with van der Waals surface area (Å²) in [4.78, 5) is 0. The quantitative estimate of drug-likeness (QED) is 0.0324. The summed E-state index contributed by atoms with van der Waals surface area (Å²) in [5.41, 5.74) is 3.85. The van der Waals surface area contributed by atoms with E-state index in [-0.39, 0.29) is 87.7 Å². The molecule has 592 valence electrons. The topological polar surface area (TPSA) is 153 Å². The second-order valence-electron chi connectivity index (χ2n) is 36.5. The Labute approximate surface area is 667 Å². The average Bonchev–Trinajstić information content (AvgIpc) is 0.815. The molecule has 4 unspecified atom stereocenters. The van der Waals surface area contributed by atoms with Crippen LogP contribution in [0, 0.1) is 0 Å². The van der Waals surface area contributed by atoms with E-state index in [1.807, 2.05) is 180 Å². The number of benzene rings is 4. The van der Waals surface area contributed by atoms with Crippen LogP contribution in [-0.2, 0) is 61.6 Å². The Hall–Kier alpha value is -1.85. The number of halogens is 4. The maximum atomic E-state index is 12.7. The zero-order valence-corrected chi connectivity index (χ0v) is 79.7. The van der Waals surface area contributed by atoms with Crippen molar-refractivity contribution >= 4 is 124 Å². The van der Waals surface area contributed by atoms with Crippen LogP contribution in [0.2, 0.25) is 92.6 Å². The molecule has 12 nitrogen and oxygen atoms in total. The van der Waals surface area contributed by atoms with Gasteiger partial charge in [-0.15, -0.1) is 26.3 Å². The monoisotopic (exact) mass is 1660 g/mol. The molecule has 4 aromatic rings. The van der Waals surface area contributed by atoms with E-state index >= 15 is 0 Å². The van der Waals surface area contributed by atoms with Gasteiger partial charge in [0.15, 0.2) is 33.3 Å². The molecule has 0 radical (unpaired) electrons. The number of rotatable bonds is 28. The van der Waals surface area contributed by atoms with Crippen LogP contribution in [0.4, 0.5) is 0 Å². The lowest BCUT2D eigenvalue weighted by atomic mass is 10.0. The highest BCUT2D eigenvalue weighted by Gasteiger charge is 2.46. The molecule has 4 aromatic carbocycles. The molecule has 0 saturated carbocycles. The van der Waals surface area contributed by atoms with E-state index in [0.29, 0.717) is 20.1 Å². The van der Waals surface area contributed by atoms with E-state index in [9.17, 15) is 16.8 Å². The fourth-order valence-electron chi connectivity index (χ4n) is 8.24. The van der Waals surface area contributed by atoms with Gasteiger partial charge in [0.25, 0.3) is 0 Å². The van der Waals surface area contributed by atoms with Crippen LogP contribution in [0.15, 0.2) is 148 Å². The molecule has 0 amide bonds. The van der Waals surface area contributed by atoms with Crippen molar-refractivity contribution in [1.29, 1.82) is 0 Å². The van der Waals surface area contributed by atoms with Gasteiger partial charge in [-0.2, -0.15) is 0 Å². The zero-order chi connectivity index (χ0) is 81.3. The second kappa shape index (κ2) is 40.6. The molecule has 12 atom stereocenters. The van der Waals surface area contributed by atoms with Gasteiger partial charge in [0.05, 0.1) is 112 Å². The third kappa shape index (κ3) is 32.5. The van der Waals surface area contributed by atoms with Gasteiger partial charge in [-0.1, -0.05) is 202 Å². The molecule has 0 spiro atoms. The first-order chi connectivity index (χ1) is 46.7. The average molecular weight is 1660 g/mol. The molecule has 4 N–H and O–H groups in total. The van der Waals surface area contributed by atoms with Crippen molar-refractivity contribution in [3.63, 3.8) is 0 Å². The summed E-state index contributed by atoms with van der Waals surface area (Å²) >= 11 is 24.9. The predicted molar refractivity (Wildman–Crippen MR) is 470 cm³/mol. The van der Waals surface area contributed by atoms with Crippen LogP contribution in [0.5, 0.6) is 0 Å². The lowest BCUT2D eigenvalue weighted by Gasteiger charge is -2.41. The van der Waals surface area contributed by atoms with Gasteiger partial charge in [-0.05, 0) is 226 Å². The van der Waals surface area contributed by atoms with Gasteiger partial charge < -0.3 is 17.7 Å². The summed E-state index contributed by atoms with van der Waals surface area (Å²) in [6.45, 7) is 83.4. The Bertz CT molecular complexity index is 3050. The highest BCUT2D eigenvalue weighted by molar-refractivity contribution is 7.85. The van der Waals surface area contributed by atoms with Crippen LogP contribution in [-0.4, -0.2) is 93.3 Å². The summed E-state index contributed by atoms with van der Waals surface area (Å²) in [5, 5.41) is 2.85. The fourth-order valence-corrected chi connectivity index (χ4v) is 17.4. The van der Waals surface area contributed by atoms with Crippen LogP contribution in [0.3, 0.4) is 0 Å². The number of nitrogens with one attached hydrogen (secondary N) is 4. The van der Waals surface area contributed by atoms with Gasteiger partial charge in [-0.3, -0.25) is 0 Å². The van der Waals surface area contributed by atoms with Crippen molar-refractivity contribution in [3.05, 3.63) is 190 Å². The molecule has 0 heterocycles. The number of hydrogen-bond donors (Lipinski definition) is 4. The highest BCUT2D eigenvalue weighted by Crippen LogP contribution is 2.46. The molecule has 0 fully saturated rings. The summed E-state index contributed by atoms with van der Waals surface area (Å²) in [6, 6.07) is 29.6. The molecule has 0 aliphatic rings. The Morgan fingerprint density at radius 2 is 0.452 bits per heavy atom. The van der Waals surface area contributed by atoms with Crippen molar-refractivity contribution in [2.45, 2.75) is 306 Å². The van der Waals surface area contributed by atoms with E-state index in [1.54, 1.807) is 24.3 Å². The summed E-state index contributed by atoms with van der Waals surface area (Å²) in [6.07, 6.45) is 5.89. The summed E-state index contributed by atoms with van der Waals surface area (Å²) in [5.74, 6) is 0. The minimum absolute atomic E-state index is 0.0543. The predicted octanol–water partition coefficient (Wildman–Crippen LogP) is 24.0. The first kappa shape index (κ1) is 100. The van der Waals surface area contributed by atoms with E-state index in [4.69, 9.17) is 64.1 Å².